The number of piperidine rings is 1. The van der Waals surface area contributed by atoms with Gasteiger partial charge in [-0.05, 0) is 18.5 Å². The maximum absolute atomic E-state index is 6.50. The Labute approximate surface area is 106 Å². The van der Waals surface area contributed by atoms with Crippen molar-refractivity contribution in [1.82, 2.24) is 5.32 Å². The molecule has 0 aromatic heterocycles. The van der Waals surface area contributed by atoms with Gasteiger partial charge in [-0.25, -0.2) is 0 Å². The first-order chi connectivity index (χ1) is 7.77. The van der Waals surface area contributed by atoms with Crippen LogP contribution >= 0.6 is 23.2 Å². The lowest BCUT2D eigenvalue weighted by Gasteiger charge is -2.29. The molecule has 4 atom stereocenters. The third-order valence-corrected chi connectivity index (χ3v) is 5.30. The lowest BCUT2D eigenvalue weighted by molar-refractivity contribution is 0.351. The third-order valence-electron chi connectivity index (χ3n) is 4.08. The van der Waals surface area contributed by atoms with E-state index in [1.165, 1.54) is 5.56 Å². The molecule has 1 saturated carbocycles. The average Bonchev–Trinajstić information content (AvgIpc) is 2.90. The van der Waals surface area contributed by atoms with Gasteiger partial charge in [0.05, 0.1) is 5.38 Å². The number of benzene rings is 1. The molecule has 0 bridgehead atoms. The SMILES string of the molecule is ClC1CNCCC12C(Cl)C2c1ccccc1. The van der Waals surface area contributed by atoms with Crippen LogP contribution in [0.3, 0.4) is 0 Å². The molecule has 1 spiro atoms. The third kappa shape index (κ3) is 1.42. The van der Waals surface area contributed by atoms with E-state index in [1.54, 1.807) is 0 Å². The van der Waals surface area contributed by atoms with E-state index < -0.39 is 0 Å². The van der Waals surface area contributed by atoms with Crippen LogP contribution < -0.4 is 5.32 Å². The van der Waals surface area contributed by atoms with Crippen LogP contribution in [0, 0.1) is 5.41 Å². The van der Waals surface area contributed by atoms with Gasteiger partial charge in [-0.15, -0.1) is 23.2 Å². The summed E-state index contributed by atoms with van der Waals surface area (Å²) in [6.45, 7) is 1.92. The number of hydrogen-bond acceptors (Lipinski definition) is 1. The van der Waals surface area contributed by atoms with Crippen molar-refractivity contribution < 1.29 is 0 Å². The quantitative estimate of drug-likeness (QED) is 0.762. The fraction of sp³-hybridized carbons (Fsp3) is 0.538. The summed E-state index contributed by atoms with van der Waals surface area (Å²) in [5, 5.41) is 3.70. The smallest absolute Gasteiger partial charge is 0.0538 e. The van der Waals surface area contributed by atoms with Gasteiger partial charge in [0.15, 0.2) is 0 Å². The highest BCUT2D eigenvalue weighted by atomic mass is 35.5. The fourth-order valence-electron chi connectivity index (χ4n) is 3.09. The Morgan fingerprint density at radius 3 is 2.62 bits per heavy atom. The molecule has 1 aromatic carbocycles. The number of alkyl halides is 2. The Balaban J connectivity index is 1.89. The van der Waals surface area contributed by atoms with Crippen LogP contribution in [-0.2, 0) is 0 Å². The van der Waals surface area contributed by atoms with Crippen molar-refractivity contribution in [3.63, 3.8) is 0 Å². The van der Waals surface area contributed by atoms with Crippen LogP contribution in [0.1, 0.15) is 17.9 Å². The van der Waals surface area contributed by atoms with Gasteiger partial charge < -0.3 is 5.32 Å². The number of hydrogen-bond donors (Lipinski definition) is 1. The first-order valence-electron chi connectivity index (χ1n) is 5.80. The fourth-order valence-corrected chi connectivity index (χ4v) is 4.35. The van der Waals surface area contributed by atoms with Gasteiger partial charge in [0.2, 0.25) is 0 Å². The predicted octanol–water partition coefficient (Wildman–Crippen LogP) is 2.98. The summed E-state index contributed by atoms with van der Waals surface area (Å²) in [5.74, 6) is 0.444. The van der Waals surface area contributed by atoms with E-state index in [-0.39, 0.29) is 16.2 Å². The van der Waals surface area contributed by atoms with Crippen molar-refractivity contribution in [2.24, 2.45) is 5.41 Å². The summed E-state index contributed by atoms with van der Waals surface area (Å²) >= 11 is 13.0. The van der Waals surface area contributed by atoms with E-state index in [9.17, 15) is 0 Å². The molecule has 3 rings (SSSR count). The van der Waals surface area contributed by atoms with E-state index in [0.717, 1.165) is 19.5 Å². The second-order valence-electron chi connectivity index (χ2n) is 4.82. The van der Waals surface area contributed by atoms with Crippen molar-refractivity contribution in [2.75, 3.05) is 13.1 Å². The zero-order valence-electron chi connectivity index (χ0n) is 9.00. The Hall–Kier alpha value is -0.240. The van der Waals surface area contributed by atoms with Crippen LogP contribution in [0.15, 0.2) is 30.3 Å². The van der Waals surface area contributed by atoms with Gasteiger partial charge in [-0.3, -0.25) is 0 Å². The summed E-state index contributed by atoms with van der Waals surface area (Å²) in [6.07, 6.45) is 1.09. The minimum absolute atomic E-state index is 0.135. The Morgan fingerprint density at radius 2 is 1.94 bits per heavy atom. The molecule has 1 saturated heterocycles. The molecule has 2 fully saturated rings. The highest BCUT2D eigenvalue weighted by molar-refractivity contribution is 6.27. The molecule has 1 aromatic rings. The van der Waals surface area contributed by atoms with Gasteiger partial charge in [-0.2, -0.15) is 0 Å². The molecule has 2 aliphatic rings. The van der Waals surface area contributed by atoms with Crippen molar-refractivity contribution in [2.45, 2.75) is 23.1 Å². The molecule has 3 heteroatoms. The molecule has 1 aliphatic carbocycles. The van der Waals surface area contributed by atoms with E-state index in [0.29, 0.717) is 5.92 Å². The summed E-state index contributed by atoms with van der Waals surface area (Å²) in [5.41, 5.74) is 1.48. The minimum Gasteiger partial charge on any atom is -0.315 e. The monoisotopic (exact) mass is 255 g/mol. The van der Waals surface area contributed by atoms with Crippen LogP contribution in [0.25, 0.3) is 0 Å². The lowest BCUT2D eigenvalue weighted by Crippen LogP contribution is -2.40. The van der Waals surface area contributed by atoms with Gasteiger partial charge in [-0.1, -0.05) is 30.3 Å². The van der Waals surface area contributed by atoms with Crippen LogP contribution in [0.4, 0.5) is 0 Å². The Bertz CT molecular complexity index is 381. The normalized spacial score (nSPS) is 42.2. The number of halogens is 2. The van der Waals surface area contributed by atoms with Gasteiger partial charge in [0, 0.05) is 23.3 Å². The van der Waals surface area contributed by atoms with E-state index in [2.05, 4.69) is 29.6 Å². The van der Waals surface area contributed by atoms with Crippen molar-refractivity contribution >= 4 is 23.2 Å². The largest absolute Gasteiger partial charge is 0.315 e. The molecule has 0 radical (unpaired) electrons. The maximum Gasteiger partial charge on any atom is 0.0538 e. The van der Waals surface area contributed by atoms with Crippen molar-refractivity contribution in [1.29, 1.82) is 0 Å². The molecule has 86 valence electrons. The topological polar surface area (TPSA) is 12.0 Å². The molecule has 16 heavy (non-hydrogen) atoms. The molecule has 1 heterocycles. The maximum atomic E-state index is 6.50. The molecular weight excluding hydrogens is 241 g/mol. The standard InChI is InChI=1S/C13H15Cl2N/c14-10-8-16-7-6-13(10)11(12(13)15)9-4-2-1-3-5-9/h1-5,10-12,16H,6-8H2. The second-order valence-corrected chi connectivity index (χ2v) is 5.82. The van der Waals surface area contributed by atoms with E-state index >= 15 is 0 Å². The second kappa shape index (κ2) is 3.90. The van der Waals surface area contributed by atoms with Gasteiger partial charge in [0.1, 0.15) is 0 Å². The first-order valence-corrected chi connectivity index (χ1v) is 6.68. The minimum atomic E-state index is 0.135. The number of nitrogens with one attached hydrogen (secondary N) is 1. The molecule has 4 unspecified atom stereocenters. The zero-order chi connectivity index (χ0) is 11.2. The molecular formula is C13H15Cl2N. The Kier molecular flexibility index (Phi) is 2.66. The van der Waals surface area contributed by atoms with Gasteiger partial charge >= 0.3 is 0 Å². The average molecular weight is 256 g/mol. The predicted molar refractivity (Wildman–Crippen MR) is 68.4 cm³/mol. The first kappa shape index (κ1) is 10.9. The summed E-state index contributed by atoms with van der Waals surface area (Å²) in [4.78, 5) is 0. The van der Waals surface area contributed by atoms with Gasteiger partial charge in [0.25, 0.3) is 0 Å². The molecule has 1 aliphatic heterocycles. The van der Waals surface area contributed by atoms with E-state index in [1.807, 2.05) is 6.07 Å². The van der Waals surface area contributed by atoms with Crippen molar-refractivity contribution in [3.8, 4) is 0 Å². The lowest BCUT2D eigenvalue weighted by atomic mass is 9.89. The van der Waals surface area contributed by atoms with Crippen LogP contribution in [-0.4, -0.2) is 23.8 Å². The molecule has 0 amide bonds. The highest BCUT2D eigenvalue weighted by Gasteiger charge is 2.67. The summed E-state index contributed by atoms with van der Waals surface area (Å²) in [6, 6.07) is 10.5. The molecule has 1 N–H and O–H groups in total. The summed E-state index contributed by atoms with van der Waals surface area (Å²) in [7, 11) is 0. The zero-order valence-corrected chi connectivity index (χ0v) is 10.5. The molecule has 1 nitrogen and oxygen atoms in total. The highest BCUT2D eigenvalue weighted by Crippen LogP contribution is 2.68. The van der Waals surface area contributed by atoms with Crippen LogP contribution in [0.5, 0.6) is 0 Å². The van der Waals surface area contributed by atoms with E-state index in [4.69, 9.17) is 23.2 Å². The Morgan fingerprint density at radius 1 is 1.19 bits per heavy atom. The van der Waals surface area contributed by atoms with Crippen molar-refractivity contribution in [3.05, 3.63) is 35.9 Å². The van der Waals surface area contributed by atoms with Crippen LogP contribution in [0.2, 0.25) is 0 Å². The summed E-state index contributed by atoms with van der Waals surface area (Å²) < 4.78 is 0. The number of rotatable bonds is 1.